The van der Waals surface area contributed by atoms with Crippen LogP contribution in [0.4, 0.5) is 0 Å². The minimum Gasteiger partial charge on any atom is -0.412 e. The van der Waals surface area contributed by atoms with Gasteiger partial charge in [0.2, 0.25) is 0 Å². The van der Waals surface area contributed by atoms with Crippen LogP contribution in [0.5, 0.6) is 0 Å². The van der Waals surface area contributed by atoms with Crippen LogP contribution in [0.15, 0.2) is 0 Å². The van der Waals surface area contributed by atoms with Gasteiger partial charge in [-0.25, -0.2) is 0 Å². The molecule has 0 saturated heterocycles. The van der Waals surface area contributed by atoms with Gasteiger partial charge in [-0.05, 0) is 50.7 Å². The van der Waals surface area contributed by atoms with Crippen molar-refractivity contribution in [3.8, 4) is 0 Å². The van der Waals surface area contributed by atoms with Crippen LogP contribution in [0.1, 0.15) is 32.6 Å². The van der Waals surface area contributed by atoms with E-state index in [0.717, 1.165) is 0 Å². The molecule has 0 aromatic rings. The van der Waals surface area contributed by atoms with Gasteiger partial charge in [0.25, 0.3) is 0 Å². The lowest BCUT2D eigenvalue weighted by Gasteiger charge is -2.26. The molecule has 0 aliphatic heterocycles. The fourth-order valence-corrected chi connectivity index (χ4v) is 4.45. The molecule has 0 heterocycles. The lowest BCUT2D eigenvalue weighted by molar-refractivity contribution is 0.142. The summed E-state index contributed by atoms with van der Waals surface area (Å²) in [6.07, 6.45) is 5.45. The van der Waals surface area contributed by atoms with Gasteiger partial charge < -0.3 is 4.43 Å². The summed E-state index contributed by atoms with van der Waals surface area (Å²) in [6.45, 7) is 9.32. The zero-order valence-corrected chi connectivity index (χ0v) is 9.74. The van der Waals surface area contributed by atoms with Gasteiger partial charge in [0, 0.05) is 0 Å². The summed E-state index contributed by atoms with van der Waals surface area (Å²) < 4.78 is 6.30. The van der Waals surface area contributed by atoms with Gasteiger partial charge in [0.15, 0.2) is 8.32 Å². The van der Waals surface area contributed by atoms with Crippen LogP contribution >= 0.6 is 0 Å². The van der Waals surface area contributed by atoms with Gasteiger partial charge in [-0.2, -0.15) is 0 Å². The summed E-state index contributed by atoms with van der Waals surface area (Å²) in [4.78, 5) is 0. The molecule has 0 amide bonds. The number of fused-ring (bicyclic) bond motifs is 1. The summed E-state index contributed by atoms with van der Waals surface area (Å²) in [5.74, 6) is 0. The molecule has 0 bridgehead atoms. The van der Waals surface area contributed by atoms with Crippen LogP contribution in [-0.4, -0.2) is 13.9 Å². The molecule has 2 aliphatic rings. The summed E-state index contributed by atoms with van der Waals surface area (Å²) in [5.41, 5.74) is 0.921. The molecule has 2 atom stereocenters. The highest BCUT2D eigenvalue weighted by molar-refractivity contribution is 6.69. The molecule has 2 rings (SSSR count). The first-order valence-electron chi connectivity index (χ1n) is 5.07. The van der Waals surface area contributed by atoms with E-state index in [4.69, 9.17) is 4.43 Å². The van der Waals surface area contributed by atoms with Gasteiger partial charge >= 0.3 is 0 Å². The predicted octanol–water partition coefficient (Wildman–Crippen LogP) is 3.17. The SMILES string of the molecule is CC12CCCC1(O[Si](C)(C)C)C2. The van der Waals surface area contributed by atoms with E-state index in [-0.39, 0.29) is 0 Å². The van der Waals surface area contributed by atoms with Crippen molar-refractivity contribution in [1.29, 1.82) is 0 Å². The Morgan fingerprint density at radius 3 is 2.17 bits per heavy atom. The molecule has 0 aromatic heterocycles. The molecule has 0 radical (unpaired) electrons. The van der Waals surface area contributed by atoms with Gasteiger partial charge in [0.1, 0.15) is 0 Å². The summed E-state index contributed by atoms with van der Waals surface area (Å²) >= 11 is 0. The minimum atomic E-state index is -1.30. The van der Waals surface area contributed by atoms with Crippen molar-refractivity contribution in [2.24, 2.45) is 5.41 Å². The van der Waals surface area contributed by atoms with Crippen molar-refractivity contribution in [3.05, 3.63) is 0 Å². The lowest BCUT2D eigenvalue weighted by Crippen LogP contribution is -2.34. The molecule has 70 valence electrons. The van der Waals surface area contributed by atoms with Crippen molar-refractivity contribution >= 4 is 8.32 Å². The highest BCUT2D eigenvalue weighted by Gasteiger charge is 2.68. The molecule has 2 saturated carbocycles. The fraction of sp³-hybridized carbons (Fsp3) is 1.00. The normalized spacial score (nSPS) is 46.0. The van der Waals surface area contributed by atoms with E-state index in [0.29, 0.717) is 11.0 Å². The second-order valence-corrected chi connectivity index (χ2v) is 10.2. The van der Waals surface area contributed by atoms with Gasteiger partial charge in [-0.3, -0.25) is 0 Å². The van der Waals surface area contributed by atoms with Crippen LogP contribution in [-0.2, 0) is 4.43 Å². The maximum Gasteiger partial charge on any atom is 0.184 e. The minimum absolute atomic E-state index is 0.345. The second kappa shape index (κ2) is 2.15. The van der Waals surface area contributed by atoms with E-state index in [2.05, 4.69) is 26.6 Å². The van der Waals surface area contributed by atoms with Crippen molar-refractivity contribution in [1.82, 2.24) is 0 Å². The van der Waals surface area contributed by atoms with E-state index < -0.39 is 8.32 Å². The van der Waals surface area contributed by atoms with Gasteiger partial charge in [0.05, 0.1) is 5.60 Å². The third-order valence-electron chi connectivity index (χ3n) is 3.46. The maximum atomic E-state index is 6.30. The number of hydrogen-bond acceptors (Lipinski definition) is 1. The third kappa shape index (κ3) is 1.16. The number of rotatable bonds is 2. The van der Waals surface area contributed by atoms with Crippen LogP contribution in [0, 0.1) is 5.41 Å². The smallest absolute Gasteiger partial charge is 0.184 e. The molecule has 2 fully saturated rings. The Balaban J connectivity index is 2.06. The molecule has 0 aromatic carbocycles. The highest BCUT2D eigenvalue weighted by atomic mass is 28.4. The van der Waals surface area contributed by atoms with E-state index in [1.54, 1.807) is 0 Å². The molecular weight excluding hydrogens is 164 g/mol. The third-order valence-corrected chi connectivity index (χ3v) is 4.46. The topological polar surface area (TPSA) is 9.23 Å². The standard InChI is InChI=1S/C10H20OSi/c1-9-6-5-7-10(9,8-9)11-12(2,3)4/h5-8H2,1-4H3. The molecule has 12 heavy (non-hydrogen) atoms. The predicted molar refractivity (Wildman–Crippen MR) is 53.7 cm³/mol. The largest absolute Gasteiger partial charge is 0.412 e. The van der Waals surface area contributed by atoms with Crippen LogP contribution in [0.2, 0.25) is 19.6 Å². The van der Waals surface area contributed by atoms with E-state index in [1.165, 1.54) is 25.7 Å². The van der Waals surface area contributed by atoms with Crippen LogP contribution < -0.4 is 0 Å². The maximum absolute atomic E-state index is 6.30. The summed E-state index contributed by atoms with van der Waals surface area (Å²) in [6, 6.07) is 0. The van der Waals surface area contributed by atoms with Crippen LogP contribution in [0.25, 0.3) is 0 Å². The Morgan fingerprint density at radius 1 is 1.17 bits per heavy atom. The van der Waals surface area contributed by atoms with Crippen molar-refractivity contribution in [2.45, 2.75) is 57.8 Å². The average molecular weight is 184 g/mol. The van der Waals surface area contributed by atoms with Crippen molar-refractivity contribution in [3.63, 3.8) is 0 Å². The Bertz CT molecular complexity index is 204. The quantitative estimate of drug-likeness (QED) is 0.599. The Hall–Kier alpha value is 0.177. The molecule has 2 heteroatoms. The van der Waals surface area contributed by atoms with E-state index >= 15 is 0 Å². The highest BCUT2D eigenvalue weighted by Crippen LogP contribution is 2.69. The molecule has 2 unspecified atom stereocenters. The fourth-order valence-electron chi connectivity index (χ4n) is 2.85. The molecule has 0 spiro atoms. The summed E-state index contributed by atoms with van der Waals surface area (Å²) in [5, 5.41) is 0. The zero-order chi connectivity index (χ0) is 9.04. The first kappa shape index (κ1) is 8.76. The van der Waals surface area contributed by atoms with Gasteiger partial charge in [-0.1, -0.05) is 6.92 Å². The first-order chi connectivity index (χ1) is 5.37. The van der Waals surface area contributed by atoms with Crippen LogP contribution in [0.3, 0.4) is 0 Å². The zero-order valence-electron chi connectivity index (χ0n) is 8.74. The lowest BCUT2D eigenvalue weighted by atomic mass is 10.1. The molecule has 1 nitrogen and oxygen atoms in total. The average Bonchev–Trinajstić information content (AvgIpc) is 2.21. The van der Waals surface area contributed by atoms with Crippen molar-refractivity contribution < 1.29 is 4.43 Å². The van der Waals surface area contributed by atoms with E-state index in [9.17, 15) is 0 Å². The second-order valence-electron chi connectivity index (χ2n) is 5.80. The Morgan fingerprint density at radius 2 is 1.83 bits per heavy atom. The van der Waals surface area contributed by atoms with E-state index in [1.807, 2.05) is 0 Å². The molecule has 2 aliphatic carbocycles. The van der Waals surface area contributed by atoms with Crippen molar-refractivity contribution in [2.75, 3.05) is 0 Å². The first-order valence-corrected chi connectivity index (χ1v) is 8.48. The monoisotopic (exact) mass is 184 g/mol. The molecular formula is C10H20OSi. The van der Waals surface area contributed by atoms with Gasteiger partial charge in [-0.15, -0.1) is 0 Å². The molecule has 0 N–H and O–H groups in total. The summed E-state index contributed by atoms with van der Waals surface area (Å²) in [7, 11) is -1.30. The Kier molecular flexibility index (Phi) is 1.57. The Labute approximate surface area is 76.6 Å². The number of hydrogen-bond donors (Lipinski definition) is 0.